The fourth-order valence-corrected chi connectivity index (χ4v) is 8.57. The number of H-pyrrole nitrogens is 2. The highest BCUT2D eigenvalue weighted by molar-refractivity contribution is 5.98. The molecule has 20 N–H and O–H groups in total. The number of aromatic amines is 2. The Labute approximate surface area is 447 Å². The van der Waals surface area contributed by atoms with Gasteiger partial charge in [-0.3, -0.25) is 54.0 Å². The van der Waals surface area contributed by atoms with Crippen LogP contribution in [0, 0.1) is 16.6 Å². The lowest BCUT2D eigenvalue weighted by Gasteiger charge is -2.28. The summed E-state index contributed by atoms with van der Waals surface area (Å²) in [6.07, 6.45) is 3.02. The van der Waals surface area contributed by atoms with Crippen LogP contribution < -0.4 is 70.4 Å². The van der Waals surface area contributed by atoms with Crippen LogP contribution in [0.4, 0.5) is 4.39 Å². The molecule has 5 rings (SSSR count). The second-order valence-corrected chi connectivity index (χ2v) is 18.6. The molecule has 1 unspecified atom stereocenters. The third-order valence-electron chi connectivity index (χ3n) is 12.6. The topological polar surface area (TPSA) is 444 Å². The molecule has 2 aromatic heterocycles. The van der Waals surface area contributed by atoms with Crippen molar-refractivity contribution in [1.82, 2.24) is 68.1 Å². The van der Waals surface area contributed by atoms with Gasteiger partial charge in [0.15, 0.2) is 11.9 Å². The number of nitrogens with one attached hydrogen (secondary N) is 14. The van der Waals surface area contributed by atoms with E-state index in [0.29, 0.717) is 16.5 Å². The number of hydrogen-bond donors (Lipinski definition) is 17. The first kappa shape index (κ1) is 59.8. The Morgan fingerprint density at radius 2 is 1.33 bits per heavy atom. The number of hydrogen-bond acceptors (Lipinski definition) is 12. The molecule has 0 spiro atoms. The van der Waals surface area contributed by atoms with Crippen molar-refractivity contribution in [2.24, 2.45) is 17.2 Å². The molecule has 27 nitrogen and oxygen atoms in total. The van der Waals surface area contributed by atoms with Gasteiger partial charge in [0.25, 0.3) is 0 Å². The fourth-order valence-electron chi connectivity index (χ4n) is 8.57. The van der Waals surface area contributed by atoms with Crippen molar-refractivity contribution >= 4 is 76.0 Å². The third-order valence-corrected chi connectivity index (χ3v) is 12.6. The molecule has 1 aliphatic rings. The molecular weight excluding hydrogens is 1020 g/mol. The molecule has 3 heterocycles. The number of benzene rings is 2. The van der Waals surface area contributed by atoms with E-state index in [2.05, 4.69) is 68.1 Å². The predicted octanol–water partition coefficient (Wildman–Crippen LogP) is -2.83. The SMILES string of the molecule is CC(=O)N[C@H](CCCNC(=N)N)C(=O)N[C@H]1CCCNC(=O)CCC(C(N)=O)NC(=O)[C@H](Cc2c[nH]c3ccccc23)NC(=O)[C@H](CCCNC(=N)N)NC(=O)[C@@H](Cc2ccccc2F)NC(=O)[C@H](Cc2c[nH]cn2)NC1=O. The van der Waals surface area contributed by atoms with Gasteiger partial charge >= 0.3 is 0 Å². The number of rotatable bonds is 18. The molecule has 0 bridgehead atoms. The van der Waals surface area contributed by atoms with E-state index in [1.165, 1.54) is 37.6 Å². The van der Waals surface area contributed by atoms with Gasteiger partial charge < -0.3 is 80.3 Å². The molecule has 1 aliphatic heterocycles. The van der Waals surface area contributed by atoms with E-state index in [1.807, 2.05) is 0 Å². The number of aromatic nitrogens is 3. The van der Waals surface area contributed by atoms with Crippen molar-refractivity contribution in [1.29, 1.82) is 10.8 Å². The van der Waals surface area contributed by atoms with Gasteiger partial charge in [-0.05, 0) is 68.2 Å². The van der Waals surface area contributed by atoms with Crippen molar-refractivity contribution < 1.29 is 47.5 Å². The Bertz CT molecular complexity index is 2770. The number of nitrogens with zero attached hydrogens (tertiary/aromatic N) is 1. The average molecular weight is 1090 g/mol. The van der Waals surface area contributed by atoms with E-state index in [4.69, 9.17) is 28.0 Å². The smallest absolute Gasteiger partial charge is 0.243 e. The highest BCUT2D eigenvalue weighted by Gasteiger charge is 2.35. The summed E-state index contributed by atoms with van der Waals surface area (Å²) in [6, 6.07) is 2.48. The molecule has 28 heteroatoms. The zero-order valence-electron chi connectivity index (χ0n) is 43.0. The van der Waals surface area contributed by atoms with Crippen LogP contribution >= 0.6 is 0 Å². The second-order valence-electron chi connectivity index (χ2n) is 18.6. The van der Waals surface area contributed by atoms with Crippen molar-refractivity contribution in [3.8, 4) is 0 Å². The third kappa shape index (κ3) is 19.2. The number of para-hydroxylation sites is 1. The number of fused-ring (bicyclic) bond motifs is 1. The summed E-state index contributed by atoms with van der Waals surface area (Å²) < 4.78 is 15.4. The molecule has 0 radical (unpaired) electrons. The Morgan fingerprint density at radius 1 is 0.731 bits per heavy atom. The molecule has 1 saturated heterocycles. The first-order valence-corrected chi connectivity index (χ1v) is 25.3. The Balaban J connectivity index is 1.55. The first-order valence-electron chi connectivity index (χ1n) is 25.3. The van der Waals surface area contributed by atoms with E-state index < -0.39 is 108 Å². The van der Waals surface area contributed by atoms with Gasteiger partial charge in [0.1, 0.15) is 48.1 Å². The van der Waals surface area contributed by atoms with Crippen LogP contribution in [0.5, 0.6) is 0 Å². The normalized spacial score (nSPS) is 20.7. The number of primary amides is 1. The van der Waals surface area contributed by atoms with Crippen LogP contribution in [0.15, 0.2) is 67.3 Å². The number of guanidine groups is 2. The van der Waals surface area contributed by atoms with E-state index in [0.717, 1.165) is 6.07 Å². The molecular formula is C50H69FN18O9. The average Bonchev–Trinajstić information content (AvgIpc) is 4.07. The van der Waals surface area contributed by atoms with Crippen molar-refractivity contribution in [2.75, 3.05) is 19.6 Å². The minimum absolute atomic E-state index is 0.0185. The Hall–Kier alpha value is -9.11. The number of carbonyl (C=O) groups excluding carboxylic acids is 9. The van der Waals surface area contributed by atoms with Gasteiger partial charge in [-0.1, -0.05) is 36.4 Å². The van der Waals surface area contributed by atoms with Gasteiger partial charge in [-0.15, -0.1) is 0 Å². The lowest BCUT2D eigenvalue weighted by molar-refractivity contribution is -0.135. The molecule has 78 heavy (non-hydrogen) atoms. The zero-order chi connectivity index (χ0) is 56.7. The largest absolute Gasteiger partial charge is 0.370 e. The van der Waals surface area contributed by atoms with Gasteiger partial charge in [0, 0.05) is 75.5 Å². The van der Waals surface area contributed by atoms with Crippen LogP contribution in [0.2, 0.25) is 0 Å². The molecule has 4 aromatic rings. The molecule has 0 saturated carbocycles. The predicted molar refractivity (Wildman–Crippen MR) is 283 cm³/mol. The van der Waals surface area contributed by atoms with Crippen LogP contribution in [0.1, 0.15) is 75.1 Å². The molecule has 1 fully saturated rings. The quantitative estimate of drug-likeness (QED) is 0.0272. The maximum Gasteiger partial charge on any atom is 0.243 e. The minimum atomic E-state index is -1.66. The van der Waals surface area contributed by atoms with Crippen molar-refractivity contribution in [2.45, 2.75) is 120 Å². The molecule has 0 aliphatic carbocycles. The number of imidazole rings is 1. The molecule has 9 amide bonds. The van der Waals surface area contributed by atoms with Crippen LogP contribution in [0.25, 0.3) is 10.9 Å². The van der Waals surface area contributed by atoms with Gasteiger partial charge in [0.2, 0.25) is 53.2 Å². The Morgan fingerprint density at radius 3 is 1.99 bits per heavy atom. The number of halogens is 1. The summed E-state index contributed by atoms with van der Waals surface area (Å²) >= 11 is 0. The summed E-state index contributed by atoms with van der Waals surface area (Å²) in [7, 11) is 0. The van der Waals surface area contributed by atoms with Gasteiger partial charge in [-0.25, -0.2) is 9.37 Å². The van der Waals surface area contributed by atoms with E-state index in [-0.39, 0.29) is 107 Å². The fraction of sp³-hybridized carbons (Fsp3) is 0.440. The number of amides is 9. The molecule has 7 atom stereocenters. The zero-order valence-corrected chi connectivity index (χ0v) is 43.0. The lowest BCUT2D eigenvalue weighted by atomic mass is 10.0. The van der Waals surface area contributed by atoms with E-state index in [9.17, 15) is 43.2 Å². The molecule has 2 aromatic carbocycles. The van der Waals surface area contributed by atoms with E-state index in [1.54, 1.807) is 30.5 Å². The Kier molecular flexibility index (Phi) is 22.9. The van der Waals surface area contributed by atoms with Crippen LogP contribution in [-0.4, -0.2) is 142 Å². The summed E-state index contributed by atoms with van der Waals surface area (Å²) in [5.74, 6) is -8.99. The standard InChI is InChI=1S/C50H69FN18O9/c1-27(70)63-35(13-7-19-59-49(53)54)43(73)65-36-14-6-18-58-41(71)17-16-34(42(52)72)64-46(76)39(22-29-24-61-33-12-5-3-10-31(29)33)67-44(74)37(15-8-20-60-50(55)56)66-47(77)38(21-28-9-2-4-11-32(28)51)68-48(78)40(69-45(36)75)23-30-25-57-26-62-30/h2-5,9-12,24-26,34-40,61H,6-8,13-23H2,1H3,(H2,52,72)(H,57,62)(H,58,71)(H,63,70)(H,64,76)(H,65,73)(H,66,77)(H,67,74)(H,68,78)(H,69,75)(H4,53,54,59)(H4,55,56,60)/t34?,35-,36+,37+,38-,39+,40+/m1/s1. The first-order chi connectivity index (χ1) is 37.3. The minimum Gasteiger partial charge on any atom is -0.370 e. The van der Waals surface area contributed by atoms with Crippen molar-refractivity contribution in [3.05, 3.63) is 89.9 Å². The number of nitrogens with two attached hydrogens (primary N) is 3. The highest BCUT2D eigenvalue weighted by Crippen LogP contribution is 2.20. The summed E-state index contributed by atoms with van der Waals surface area (Å²) in [6.45, 7) is 1.35. The monoisotopic (exact) mass is 1080 g/mol. The van der Waals surface area contributed by atoms with Crippen LogP contribution in [0.3, 0.4) is 0 Å². The van der Waals surface area contributed by atoms with E-state index >= 15 is 4.39 Å². The summed E-state index contributed by atoms with van der Waals surface area (Å²) in [5.41, 5.74) is 18.2. The highest BCUT2D eigenvalue weighted by atomic mass is 19.1. The maximum atomic E-state index is 15.4. The summed E-state index contributed by atoms with van der Waals surface area (Å²) in [4.78, 5) is 135. The van der Waals surface area contributed by atoms with Crippen LogP contribution in [-0.2, 0) is 62.4 Å². The van der Waals surface area contributed by atoms with Gasteiger partial charge in [0.05, 0.1) is 12.0 Å². The molecule has 420 valence electrons. The maximum absolute atomic E-state index is 15.4. The second kappa shape index (κ2) is 29.8. The van der Waals surface area contributed by atoms with Gasteiger partial charge in [-0.2, -0.15) is 0 Å². The lowest BCUT2D eigenvalue weighted by Crippen LogP contribution is -2.61. The summed E-state index contributed by atoms with van der Waals surface area (Å²) in [5, 5.41) is 42.1. The van der Waals surface area contributed by atoms with Crippen molar-refractivity contribution in [3.63, 3.8) is 0 Å². The number of carbonyl (C=O) groups is 9.